The normalized spacial score (nSPS) is 16.2. The van der Waals surface area contributed by atoms with E-state index in [4.69, 9.17) is 0 Å². The summed E-state index contributed by atoms with van der Waals surface area (Å²) >= 11 is 4.66. The molecule has 0 saturated carbocycles. The van der Waals surface area contributed by atoms with E-state index in [1.807, 2.05) is 18.2 Å². The van der Waals surface area contributed by atoms with Crippen molar-refractivity contribution in [1.29, 1.82) is 0 Å². The lowest BCUT2D eigenvalue weighted by Gasteiger charge is -2.16. The molecule has 0 spiro atoms. The topological polar surface area (TPSA) is 67.6 Å². The van der Waals surface area contributed by atoms with Crippen molar-refractivity contribution in [2.45, 2.75) is 19.8 Å². The number of fused-ring (bicyclic) bond motifs is 2. The van der Waals surface area contributed by atoms with Crippen LogP contribution in [0, 0.1) is 0 Å². The van der Waals surface area contributed by atoms with Gasteiger partial charge in [-0.15, -0.1) is 0 Å². The molecular formula is C16H13BrN4O2S. The Labute approximate surface area is 149 Å². The molecule has 3 aromatic rings. The Kier molecular flexibility index (Phi) is 3.73. The van der Waals surface area contributed by atoms with Crippen LogP contribution in [0.4, 0.5) is 5.69 Å². The van der Waals surface area contributed by atoms with Gasteiger partial charge in [0.2, 0.25) is 4.96 Å². The Hall–Kier alpha value is -2.06. The van der Waals surface area contributed by atoms with Gasteiger partial charge in [-0.1, -0.05) is 40.6 Å². The second-order valence-corrected chi connectivity index (χ2v) is 7.43. The summed E-state index contributed by atoms with van der Waals surface area (Å²) in [4.78, 5) is 31.9. The maximum absolute atomic E-state index is 13.0. The summed E-state index contributed by atoms with van der Waals surface area (Å²) in [5.74, 6) is -0.127. The Morgan fingerprint density at radius 1 is 1.29 bits per heavy atom. The Bertz CT molecular complexity index is 1070. The van der Waals surface area contributed by atoms with E-state index < -0.39 is 0 Å². The summed E-state index contributed by atoms with van der Waals surface area (Å²) in [6, 6.07) is 5.72. The van der Waals surface area contributed by atoms with Gasteiger partial charge in [0.15, 0.2) is 0 Å². The van der Waals surface area contributed by atoms with Crippen LogP contribution in [0.15, 0.2) is 33.8 Å². The quantitative estimate of drug-likeness (QED) is 0.669. The molecular weight excluding hydrogens is 392 g/mol. The number of aromatic nitrogens is 3. The number of hydrogen-bond donors (Lipinski definition) is 0. The van der Waals surface area contributed by atoms with Crippen molar-refractivity contribution in [2.24, 2.45) is 0 Å². The van der Waals surface area contributed by atoms with Crippen molar-refractivity contribution < 1.29 is 4.79 Å². The summed E-state index contributed by atoms with van der Waals surface area (Å²) in [5.41, 5.74) is 1.79. The number of nitrogens with zero attached hydrogens (tertiary/aromatic N) is 4. The van der Waals surface area contributed by atoms with E-state index in [1.165, 1.54) is 22.2 Å². The molecule has 0 aliphatic carbocycles. The molecule has 8 heteroatoms. The van der Waals surface area contributed by atoms with Gasteiger partial charge in [-0.3, -0.25) is 9.59 Å². The van der Waals surface area contributed by atoms with Gasteiger partial charge in [0.1, 0.15) is 10.9 Å². The van der Waals surface area contributed by atoms with Gasteiger partial charge in [0, 0.05) is 16.6 Å². The largest absolute Gasteiger partial charge is 0.308 e. The third-order valence-electron chi connectivity index (χ3n) is 4.04. The van der Waals surface area contributed by atoms with Gasteiger partial charge in [-0.05, 0) is 24.6 Å². The highest BCUT2D eigenvalue weighted by molar-refractivity contribution is 9.10. The number of anilines is 1. The van der Waals surface area contributed by atoms with Crippen molar-refractivity contribution in [2.75, 3.05) is 11.4 Å². The zero-order chi connectivity index (χ0) is 16.8. The molecule has 4 rings (SSSR count). The first kappa shape index (κ1) is 15.5. The predicted molar refractivity (Wildman–Crippen MR) is 96.3 cm³/mol. The molecule has 0 radical (unpaired) electrons. The smallest absolute Gasteiger partial charge is 0.291 e. The van der Waals surface area contributed by atoms with Crippen LogP contribution < -0.4 is 15.0 Å². The van der Waals surface area contributed by atoms with Crippen LogP contribution in [0.5, 0.6) is 0 Å². The molecule has 0 fully saturated rings. The van der Waals surface area contributed by atoms with Crippen LogP contribution in [-0.2, 0) is 4.79 Å². The van der Waals surface area contributed by atoms with Crippen molar-refractivity contribution >= 4 is 49.4 Å². The zero-order valence-electron chi connectivity index (χ0n) is 12.8. The number of benzene rings is 1. The highest BCUT2D eigenvalue weighted by Gasteiger charge is 2.34. The minimum absolute atomic E-state index is 0.127. The molecule has 0 bridgehead atoms. The van der Waals surface area contributed by atoms with Crippen LogP contribution in [0.1, 0.15) is 25.3 Å². The third-order valence-corrected chi connectivity index (χ3v) is 5.57. The molecule has 1 aromatic carbocycles. The van der Waals surface area contributed by atoms with E-state index in [9.17, 15) is 9.59 Å². The van der Waals surface area contributed by atoms with E-state index in [0.717, 1.165) is 28.6 Å². The number of rotatable bonds is 3. The van der Waals surface area contributed by atoms with Crippen LogP contribution >= 0.6 is 27.3 Å². The number of halogens is 1. The molecule has 24 heavy (non-hydrogen) atoms. The van der Waals surface area contributed by atoms with Gasteiger partial charge in [0.25, 0.3) is 11.5 Å². The fraction of sp³-hybridized carbons (Fsp3) is 0.250. The summed E-state index contributed by atoms with van der Waals surface area (Å²) in [5, 5.41) is 3.93. The number of amides is 1. The monoisotopic (exact) mass is 404 g/mol. The van der Waals surface area contributed by atoms with Crippen LogP contribution in [0.2, 0.25) is 0 Å². The molecule has 2 aromatic heterocycles. The molecule has 0 saturated heterocycles. The first-order valence-electron chi connectivity index (χ1n) is 7.60. The molecule has 0 atom stereocenters. The van der Waals surface area contributed by atoms with E-state index in [1.54, 1.807) is 4.90 Å². The Balaban J connectivity index is 2.02. The SMILES string of the molecule is CCCCN1C(=O)C(=c2sc3ncnn3c2=O)c2cc(Br)ccc21. The van der Waals surface area contributed by atoms with Crippen LogP contribution in [0.25, 0.3) is 10.5 Å². The second-order valence-electron chi connectivity index (χ2n) is 5.54. The van der Waals surface area contributed by atoms with Gasteiger partial charge in [-0.25, -0.2) is 4.98 Å². The van der Waals surface area contributed by atoms with Gasteiger partial charge >= 0.3 is 0 Å². The third kappa shape index (κ3) is 2.21. The van der Waals surface area contributed by atoms with Crippen molar-refractivity contribution in [1.82, 2.24) is 14.6 Å². The number of carbonyl (C=O) groups is 1. The fourth-order valence-corrected chi connectivity index (χ4v) is 4.22. The van der Waals surface area contributed by atoms with Crippen LogP contribution in [0.3, 0.4) is 0 Å². The maximum Gasteiger partial charge on any atom is 0.291 e. The van der Waals surface area contributed by atoms with Gasteiger partial charge in [0.05, 0.1) is 11.3 Å². The van der Waals surface area contributed by atoms with E-state index in [-0.39, 0.29) is 11.5 Å². The first-order valence-corrected chi connectivity index (χ1v) is 9.21. The molecule has 6 nitrogen and oxygen atoms in total. The molecule has 0 N–H and O–H groups in total. The predicted octanol–water partition coefficient (Wildman–Crippen LogP) is 1.98. The number of unbranched alkanes of at least 4 members (excludes halogenated alkanes) is 1. The minimum atomic E-state index is -0.292. The summed E-state index contributed by atoms with van der Waals surface area (Å²) in [7, 11) is 0. The maximum atomic E-state index is 13.0. The van der Waals surface area contributed by atoms with Gasteiger partial charge < -0.3 is 4.90 Å². The lowest BCUT2D eigenvalue weighted by atomic mass is 10.1. The summed E-state index contributed by atoms with van der Waals surface area (Å²) in [6.45, 7) is 2.73. The fourth-order valence-electron chi connectivity index (χ4n) is 2.89. The lowest BCUT2D eigenvalue weighted by Crippen LogP contribution is -2.32. The molecule has 1 aliphatic rings. The Morgan fingerprint density at radius 3 is 2.88 bits per heavy atom. The highest BCUT2D eigenvalue weighted by atomic mass is 79.9. The second kappa shape index (κ2) is 5.78. The van der Waals surface area contributed by atoms with E-state index in [0.29, 0.717) is 21.6 Å². The summed E-state index contributed by atoms with van der Waals surface area (Å²) < 4.78 is 2.51. The summed E-state index contributed by atoms with van der Waals surface area (Å²) in [6.07, 6.45) is 3.25. The molecule has 122 valence electrons. The zero-order valence-corrected chi connectivity index (χ0v) is 15.2. The van der Waals surface area contributed by atoms with Crippen molar-refractivity contribution in [3.63, 3.8) is 0 Å². The molecule has 3 heterocycles. The standard InChI is InChI=1S/C16H13BrN4O2S/c1-2-3-6-20-11-5-4-9(17)7-10(11)12(14(20)22)13-15(23)21-16(24-13)18-8-19-21/h4-5,7-8H,2-3,6H2,1H3. The highest BCUT2D eigenvalue weighted by Crippen LogP contribution is 2.37. The Morgan fingerprint density at radius 2 is 2.12 bits per heavy atom. The van der Waals surface area contributed by atoms with Gasteiger partial charge in [-0.2, -0.15) is 9.61 Å². The first-order chi connectivity index (χ1) is 11.6. The minimum Gasteiger partial charge on any atom is -0.308 e. The number of carbonyl (C=O) groups excluding carboxylic acids is 1. The van der Waals surface area contributed by atoms with E-state index >= 15 is 0 Å². The molecule has 0 unspecified atom stereocenters. The van der Waals surface area contributed by atoms with Crippen molar-refractivity contribution in [3.05, 3.63) is 49.4 Å². The van der Waals surface area contributed by atoms with Crippen molar-refractivity contribution in [3.8, 4) is 0 Å². The number of thiazole rings is 1. The average molecular weight is 405 g/mol. The lowest BCUT2D eigenvalue weighted by molar-refractivity contribution is -0.113. The van der Waals surface area contributed by atoms with Crippen LogP contribution in [-0.4, -0.2) is 27.0 Å². The molecule has 1 amide bonds. The average Bonchev–Trinajstić information content (AvgIpc) is 3.20. The van der Waals surface area contributed by atoms with E-state index in [2.05, 4.69) is 32.9 Å². The number of hydrogen-bond acceptors (Lipinski definition) is 5. The molecule has 1 aliphatic heterocycles.